The average molecular weight is 1790 g/mol. The number of carbonyl (C=O) groups is 14. The number of benzene rings is 4. The number of carboxylic acids is 1. The molecule has 0 aliphatic rings. The maximum atomic E-state index is 15.1. The molecule has 5 rings (SSSR count). The van der Waals surface area contributed by atoms with Gasteiger partial charge in [-0.25, -0.2) is 4.79 Å². The van der Waals surface area contributed by atoms with E-state index in [2.05, 4.69) is 90.1 Å². The highest BCUT2D eigenvalue weighted by atomic mass is 16.4. The van der Waals surface area contributed by atoms with E-state index in [1.54, 1.807) is 44.3 Å². The summed E-state index contributed by atoms with van der Waals surface area (Å²) in [6, 6.07) is 3.87. The van der Waals surface area contributed by atoms with Gasteiger partial charge in [-0.15, -0.1) is 0 Å². The third-order valence-corrected chi connectivity index (χ3v) is 19.8. The van der Waals surface area contributed by atoms with Crippen molar-refractivity contribution < 1.29 is 92.7 Å². The fraction of sp³-hybridized carbons (Fsp3) is 0.470. The highest BCUT2D eigenvalue weighted by Crippen LogP contribution is 2.22. The van der Waals surface area contributed by atoms with Crippen molar-refractivity contribution >= 4 is 118 Å². The minimum absolute atomic E-state index is 0.00152. The van der Waals surface area contributed by atoms with E-state index in [4.69, 9.17) is 50.3 Å². The molecule has 0 spiro atoms. The molecule has 1 heterocycles. The van der Waals surface area contributed by atoms with Crippen molar-refractivity contribution in [2.24, 2.45) is 40.5 Å². The van der Waals surface area contributed by atoms with Crippen molar-refractivity contribution in [1.29, 1.82) is 21.6 Å². The second-order valence-corrected chi connectivity index (χ2v) is 31.5. The topological polar surface area (TPSA) is 774 Å². The van der Waals surface area contributed by atoms with Gasteiger partial charge in [-0.05, 0) is 141 Å². The Balaban J connectivity index is 1.48. The number of para-hydroxylation sites is 1. The summed E-state index contributed by atoms with van der Waals surface area (Å²) in [6.07, 6.45) is -1.63. The number of nitrogens with one attached hydrogen (secondary N) is 21. The Bertz CT molecular complexity index is 4650. The maximum Gasteiger partial charge on any atom is 0.326 e. The number of fused-ring (bicyclic) bond motifs is 1. The van der Waals surface area contributed by atoms with E-state index in [0.717, 1.165) is 0 Å². The van der Waals surface area contributed by atoms with Gasteiger partial charge in [0.1, 0.15) is 89.8 Å². The lowest BCUT2D eigenvalue weighted by atomic mass is 9.99. The number of aliphatic hydroxyl groups excluding tert-OH is 1. The summed E-state index contributed by atoms with van der Waals surface area (Å²) in [7, 11) is 0. The summed E-state index contributed by atoms with van der Waals surface area (Å²) < 4.78 is 0. The van der Waals surface area contributed by atoms with Crippen LogP contribution in [0.3, 0.4) is 0 Å². The Morgan fingerprint density at radius 2 is 0.625 bits per heavy atom. The molecule has 13 amide bonds. The summed E-state index contributed by atoms with van der Waals surface area (Å²) >= 11 is 0. The van der Waals surface area contributed by atoms with Crippen molar-refractivity contribution in [2.75, 3.05) is 32.8 Å². The number of phenols is 3. The molecule has 0 radical (unpaired) electrons. The first-order valence-corrected chi connectivity index (χ1v) is 41.5. The van der Waals surface area contributed by atoms with Gasteiger partial charge in [0.05, 0.1) is 13.0 Å². The molecule has 36 N–H and O–H groups in total. The van der Waals surface area contributed by atoms with Gasteiger partial charge in [0.2, 0.25) is 76.8 Å². The van der Waals surface area contributed by atoms with Crippen LogP contribution in [-0.4, -0.2) is 242 Å². The molecule has 45 heteroatoms. The third-order valence-electron chi connectivity index (χ3n) is 19.8. The molecule has 1 aromatic heterocycles. The van der Waals surface area contributed by atoms with Crippen LogP contribution < -0.4 is 114 Å². The van der Waals surface area contributed by atoms with Gasteiger partial charge >= 0.3 is 5.97 Å². The standard InChI is InChI=1S/C83H122N26O19/c1-43(2)34-59(98-45(5)111)71(119)104-61(36-46-18-24-50(112)25-19-46)74(122)107-64(39-49-41-97-54-13-7-6-12-53(49)54)76(124)109-66(42-110)78(126)106-63(38-48-22-28-52(114)29-23-48)73(121)103-60(35-44(3)4)72(120)105-62(37-47-20-26-51(113)27-21-47)75(123)108-65(40-67(84)115)77(125)101-56(15-9-31-94-81(87)88)69(117)99-55(14-8-30-93-80(85)86)68(116)100-57(16-10-32-95-82(89)90)70(118)102-58(79(127)128)17-11-33-96-83(91)92/h6-7,12-13,18-29,41,43-44,55-66,97,110,112-114H,8-11,14-17,30-40,42H2,1-5H3,(H2,84,115)(H,98,111)(H,99,117)(H,100,116)(H,101,125)(H,102,118)(H,103,121)(H,104,119)(H,105,120)(H,106,126)(H,107,122)(H,108,123)(H,109,124)(H,127,128)(H4,85,86,93)(H4,87,88,94)(H4,89,90,95)(H4,91,92,96)/t55-,56-,57-,58-,59-,60-,61-,62-,63-,64-,65-,66-/m0/s1. The highest BCUT2D eigenvalue weighted by Gasteiger charge is 2.39. The zero-order chi connectivity index (χ0) is 94.9. The lowest BCUT2D eigenvalue weighted by molar-refractivity contribution is -0.142. The first-order valence-electron chi connectivity index (χ1n) is 41.5. The van der Waals surface area contributed by atoms with Crippen LogP contribution in [-0.2, 0) is 92.8 Å². The molecule has 12 atom stereocenters. The van der Waals surface area contributed by atoms with E-state index >= 15 is 14.4 Å². The fourth-order valence-corrected chi connectivity index (χ4v) is 13.4. The number of aliphatic hydroxyl groups is 1. The van der Waals surface area contributed by atoms with Crippen molar-refractivity contribution in [3.8, 4) is 17.2 Å². The number of carboxylic acid groups (broad SMARTS) is 1. The zero-order valence-corrected chi connectivity index (χ0v) is 71.9. The highest BCUT2D eigenvalue weighted by molar-refractivity contribution is 6.01. The summed E-state index contributed by atoms with van der Waals surface area (Å²) in [6.45, 7) is 7.02. The number of aliphatic carboxylic acids is 1. The molecule has 128 heavy (non-hydrogen) atoms. The number of nitrogens with two attached hydrogens (primary N) is 5. The Morgan fingerprint density at radius 3 is 0.953 bits per heavy atom. The van der Waals surface area contributed by atoms with Gasteiger partial charge in [0, 0.05) is 75.9 Å². The predicted molar refractivity (Wildman–Crippen MR) is 470 cm³/mol. The van der Waals surface area contributed by atoms with E-state index in [1.165, 1.54) is 79.7 Å². The Hall–Kier alpha value is -14.6. The molecule has 4 aromatic carbocycles. The number of phenolic OH excluding ortho intramolecular Hbond substituents is 3. The van der Waals surface area contributed by atoms with Gasteiger partial charge in [0.15, 0.2) is 23.8 Å². The van der Waals surface area contributed by atoms with Crippen molar-refractivity contribution in [2.45, 2.75) is 203 Å². The van der Waals surface area contributed by atoms with Gasteiger partial charge in [0.25, 0.3) is 0 Å². The Labute approximate surface area is 738 Å². The van der Waals surface area contributed by atoms with Gasteiger partial charge < -0.3 is 144 Å². The van der Waals surface area contributed by atoms with Crippen molar-refractivity contribution in [3.05, 3.63) is 126 Å². The smallest absolute Gasteiger partial charge is 0.326 e. The third kappa shape index (κ3) is 37.9. The van der Waals surface area contributed by atoms with E-state index in [1.807, 2.05) is 13.8 Å². The van der Waals surface area contributed by atoms with E-state index in [0.29, 0.717) is 27.6 Å². The second-order valence-electron chi connectivity index (χ2n) is 31.5. The van der Waals surface area contributed by atoms with Crippen LogP contribution in [0, 0.1) is 33.5 Å². The summed E-state index contributed by atoms with van der Waals surface area (Å²) in [5.74, 6) is -17.5. The van der Waals surface area contributed by atoms with Crippen LogP contribution in [0.25, 0.3) is 10.9 Å². The molecule has 0 unspecified atom stereocenters. The van der Waals surface area contributed by atoms with Gasteiger partial charge in [-0.3, -0.25) is 84.0 Å². The Morgan fingerprint density at radius 1 is 0.352 bits per heavy atom. The molecular formula is C83H122N26O19. The summed E-state index contributed by atoms with van der Waals surface area (Å²) in [4.78, 5) is 203. The van der Waals surface area contributed by atoms with Crippen molar-refractivity contribution in [3.63, 3.8) is 0 Å². The van der Waals surface area contributed by atoms with Gasteiger partial charge in [-0.2, -0.15) is 0 Å². The van der Waals surface area contributed by atoms with Crippen molar-refractivity contribution in [1.82, 2.24) is 90.1 Å². The normalized spacial score (nSPS) is 13.8. The summed E-state index contributed by atoms with van der Waals surface area (Å²) in [5.41, 5.74) is 29.8. The minimum Gasteiger partial charge on any atom is -0.508 e. The predicted octanol–water partition coefficient (Wildman–Crippen LogP) is -4.51. The first kappa shape index (κ1) is 104. The number of aromatic nitrogens is 1. The van der Waals surface area contributed by atoms with Crippen LogP contribution in [0.5, 0.6) is 17.2 Å². The zero-order valence-electron chi connectivity index (χ0n) is 71.9. The number of carbonyl (C=O) groups excluding carboxylic acids is 13. The van der Waals surface area contributed by atoms with Crippen LogP contribution in [0.4, 0.5) is 0 Å². The molecule has 0 aliphatic heterocycles. The molecule has 0 fully saturated rings. The number of primary amides is 1. The molecule has 45 nitrogen and oxygen atoms in total. The molecular weight excluding hydrogens is 1670 g/mol. The summed E-state index contributed by atoms with van der Waals surface area (Å²) in [5, 5.41) is 124. The number of hydrogen-bond acceptors (Lipinski definition) is 22. The maximum absolute atomic E-state index is 15.1. The molecule has 0 bridgehead atoms. The average Bonchev–Trinajstić information content (AvgIpc) is 1.64. The Kier molecular flexibility index (Phi) is 43.0. The minimum atomic E-state index is -2.00. The molecule has 0 saturated carbocycles. The van der Waals surface area contributed by atoms with Crippen LogP contribution in [0.15, 0.2) is 103 Å². The molecule has 5 aromatic rings. The molecule has 698 valence electrons. The van der Waals surface area contributed by atoms with Crippen LogP contribution in [0.1, 0.15) is 128 Å². The largest absolute Gasteiger partial charge is 0.508 e. The van der Waals surface area contributed by atoms with E-state index in [9.17, 15) is 78.3 Å². The van der Waals surface area contributed by atoms with Gasteiger partial charge in [-0.1, -0.05) is 82.3 Å². The lowest BCUT2D eigenvalue weighted by Crippen LogP contribution is -2.62. The number of aromatic amines is 1. The number of rotatable bonds is 55. The number of aromatic hydroxyl groups is 3. The molecule has 0 saturated heterocycles. The fourth-order valence-electron chi connectivity index (χ4n) is 13.4. The lowest BCUT2D eigenvalue weighted by Gasteiger charge is -2.29. The van der Waals surface area contributed by atoms with E-state index in [-0.39, 0.29) is 138 Å². The number of hydrogen-bond donors (Lipinski definition) is 31. The molecule has 0 aliphatic carbocycles. The second kappa shape index (κ2) is 52.9. The monoisotopic (exact) mass is 1790 g/mol. The van der Waals surface area contributed by atoms with Crippen LogP contribution in [0.2, 0.25) is 0 Å². The quantitative estimate of drug-likeness (QED) is 0.00991. The SMILES string of the molecule is CC(=O)N[C@@H](CC(C)C)C(=O)N[C@@H](Cc1ccc(O)cc1)C(=O)N[C@@H](Cc1c[nH]c2ccccc12)C(=O)N[C@@H](CO)C(=O)N[C@@H](Cc1ccc(O)cc1)C(=O)N[C@@H](CC(C)C)C(=O)N[C@@H](Cc1ccc(O)cc1)C(=O)N[C@@H](CC(N)=O)C(=O)N[C@@H](CCCNC(=N)N)C(=O)N[C@@H](CCCNC(=N)N)C(=O)N[C@@H](CCCNC(=N)N)C(=O)N[C@@H](CCCNC(=N)N)C(=O)O. The number of H-pyrrole nitrogens is 1. The van der Waals surface area contributed by atoms with E-state index < -0.39 is 205 Å². The van der Waals surface area contributed by atoms with Crippen LogP contribution >= 0.6 is 0 Å². The number of amides is 13. The number of guanidine groups is 4. The first-order chi connectivity index (χ1) is 60.6.